The average Bonchev–Trinajstić information content (AvgIpc) is 2.95. The molecule has 4 heteroatoms. The van der Waals surface area contributed by atoms with Gasteiger partial charge in [0.25, 0.3) is 0 Å². The van der Waals surface area contributed by atoms with Gasteiger partial charge in [-0.15, -0.1) is 0 Å². The summed E-state index contributed by atoms with van der Waals surface area (Å²) in [5.74, 6) is 1.50. The van der Waals surface area contributed by atoms with E-state index in [1.165, 1.54) is 19.3 Å². The lowest BCUT2D eigenvalue weighted by atomic mass is 9.47. The summed E-state index contributed by atoms with van der Waals surface area (Å²) in [5.41, 5.74) is 0.242. The van der Waals surface area contributed by atoms with Crippen LogP contribution in [-0.4, -0.2) is 35.0 Å². The molecule has 0 aromatic carbocycles. The van der Waals surface area contributed by atoms with Crippen molar-refractivity contribution in [3.05, 3.63) is 12.2 Å². The molecule has 0 spiro atoms. The third kappa shape index (κ3) is 2.26. The third-order valence-corrected chi connectivity index (χ3v) is 9.19. The molecule has 1 aliphatic heterocycles. The molecule has 4 rings (SSSR count). The van der Waals surface area contributed by atoms with Crippen LogP contribution in [0.1, 0.15) is 59.3 Å². The number of carbonyl (C=O) groups excluding carboxylic acids is 1. The largest absolute Gasteiger partial charge is 0.481 e. The normalized spacial score (nSPS) is 48.5. The zero-order valence-corrected chi connectivity index (χ0v) is 16.6. The van der Waals surface area contributed by atoms with E-state index in [1.807, 2.05) is 18.9 Å². The van der Waals surface area contributed by atoms with Gasteiger partial charge >= 0.3 is 5.97 Å². The molecule has 3 saturated carbocycles. The van der Waals surface area contributed by atoms with Crippen LogP contribution in [0.15, 0.2) is 12.2 Å². The number of carbonyl (C=O) groups is 2. The SMILES string of the molecule is CC(C(=O)O)[C@H]1CC[C@H]2[C@@H]3CCC4N(C)C(=O)C=C[C@]4(C)[C@H]3CC[C@]12C. The maximum atomic E-state index is 12.2. The molecule has 0 bridgehead atoms. The Kier molecular flexibility index (Phi) is 4.06. The number of fused-ring (bicyclic) bond motifs is 5. The lowest BCUT2D eigenvalue weighted by Crippen LogP contribution is -2.59. The molecule has 144 valence electrons. The monoisotopic (exact) mass is 359 g/mol. The maximum absolute atomic E-state index is 12.2. The summed E-state index contributed by atoms with van der Waals surface area (Å²) < 4.78 is 0. The van der Waals surface area contributed by atoms with E-state index in [0.29, 0.717) is 29.7 Å². The van der Waals surface area contributed by atoms with Crippen molar-refractivity contribution >= 4 is 11.9 Å². The summed E-state index contributed by atoms with van der Waals surface area (Å²) in [5, 5.41) is 9.58. The quantitative estimate of drug-likeness (QED) is 0.812. The molecule has 3 fully saturated rings. The lowest BCUT2D eigenvalue weighted by molar-refractivity contribution is -0.147. The van der Waals surface area contributed by atoms with Crippen molar-refractivity contribution in [2.75, 3.05) is 7.05 Å². The molecule has 3 aliphatic carbocycles. The second kappa shape index (κ2) is 5.84. The van der Waals surface area contributed by atoms with E-state index in [2.05, 4.69) is 19.9 Å². The van der Waals surface area contributed by atoms with E-state index in [-0.39, 0.29) is 22.7 Å². The van der Waals surface area contributed by atoms with Gasteiger partial charge in [0.1, 0.15) is 0 Å². The number of carboxylic acid groups (broad SMARTS) is 1. The van der Waals surface area contributed by atoms with E-state index in [0.717, 1.165) is 19.3 Å². The summed E-state index contributed by atoms with van der Waals surface area (Å²) in [6.45, 7) is 6.66. The molecule has 8 atom stereocenters. The van der Waals surface area contributed by atoms with Crippen LogP contribution in [0.5, 0.6) is 0 Å². The zero-order chi connectivity index (χ0) is 18.9. The highest BCUT2D eigenvalue weighted by Gasteiger charge is 2.61. The van der Waals surface area contributed by atoms with Crippen LogP contribution in [0.3, 0.4) is 0 Å². The van der Waals surface area contributed by atoms with Crippen LogP contribution in [0.2, 0.25) is 0 Å². The summed E-state index contributed by atoms with van der Waals surface area (Å²) in [6.07, 6.45) is 10.8. The Morgan fingerprint density at radius 3 is 2.62 bits per heavy atom. The van der Waals surface area contributed by atoms with Crippen molar-refractivity contribution in [2.45, 2.75) is 65.3 Å². The van der Waals surface area contributed by atoms with Crippen molar-refractivity contribution in [1.29, 1.82) is 0 Å². The molecule has 1 N–H and O–H groups in total. The second-order valence-corrected chi connectivity index (χ2v) is 9.97. The number of carboxylic acids is 1. The van der Waals surface area contributed by atoms with E-state index in [9.17, 15) is 14.7 Å². The molecule has 0 aromatic rings. The highest BCUT2D eigenvalue weighted by molar-refractivity contribution is 5.89. The molecule has 4 aliphatic rings. The fourth-order valence-corrected chi connectivity index (χ4v) is 7.77. The summed E-state index contributed by atoms with van der Waals surface area (Å²) >= 11 is 0. The molecule has 0 radical (unpaired) electrons. The Labute approximate surface area is 157 Å². The minimum atomic E-state index is -0.634. The molecular weight excluding hydrogens is 326 g/mol. The number of likely N-dealkylation sites (N-methyl/N-ethyl adjacent to an activating group) is 1. The van der Waals surface area contributed by atoms with Crippen molar-refractivity contribution < 1.29 is 14.7 Å². The number of hydrogen-bond donors (Lipinski definition) is 1. The van der Waals surface area contributed by atoms with Crippen molar-refractivity contribution in [3.8, 4) is 0 Å². The van der Waals surface area contributed by atoms with Crippen LogP contribution in [0.25, 0.3) is 0 Å². The first-order valence-electron chi connectivity index (χ1n) is 10.4. The number of nitrogens with zero attached hydrogens (tertiary/aromatic N) is 1. The first-order chi connectivity index (χ1) is 12.2. The number of hydrogen-bond acceptors (Lipinski definition) is 2. The molecular formula is C22H33NO3. The smallest absolute Gasteiger partial charge is 0.306 e. The van der Waals surface area contributed by atoms with Crippen LogP contribution in [0, 0.1) is 40.4 Å². The van der Waals surface area contributed by atoms with Gasteiger partial charge in [-0.05, 0) is 73.7 Å². The van der Waals surface area contributed by atoms with Gasteiger partial charge in [0, 0.05) is 18.5 Å². The molecule has 4 nitrogen and oxygen atoms in total. The molecule has 0 aromatic heterocycles. The second-order valence-electron chi connectivity index (χ2n) is 9.97. The van der Waals surface area contributed by atoms with E-state index in [4.69, 9.17) is 0 Å². The average molecular weight is 360 g/mol. The van der Waals surface area contributed by atoms with Gasteiger partial charge in [-0.25, -0.2) is 0 Å². The molecule has 1 heterocycles. The number of aliphatic carboxylic acids is 1. The summed E-state index contributed by atoms with van der Waals surface area (Å²) in [7, 11) is 1.96. The van der Waals surface area contributed by atoms with Crippen LogP contribution in [-0.2, 0) is 9.59 Å². The lowest BCUT2D eigenvalue weighted by Gasteiger charge is -2.60. The fraction of sp³-hybridized carbons (Fsp3) is 0.818. The Balaban J connectivity index is 1.64. The van der Waals surface area contributed by atoms with E-state index >= 15 is 0 Å². The van der Waals surface area contributed by atoms with Crippen molar-refractivity contribution in [1.82, 2.24) is 4.90 Å². The molecule has 26 heavy (non-hydrogen) atoms. The van der Waals surface area contributed by atoms with Gasteiger partial charge in [0.15, 0.2) is 0 Å². The zero-order valence-electron chi connectivity index (χ0n) is 16.6. The first-order valence-corrected chi connectivity index (χ1v) is 10.4. The number of rotatable bonds is 2. The number of amides is 1. The fourth-order valence-electron chi connectivity index (χ4n) is 7.77. The first kappa shape index (κ1) is 18.1. The topological polar surface area (TPSA) is 57.6 Å². The Morgan fingerprint density at radius 2 is 1.92 bits per heavy atom. The minimum Gasteiger partial charge on any atom is -0.481 e. The third-order valence-electron chi connectivity index (χ3n) is 9.19. The molecule has 1 amide bonds. The van der Waals surface area contributed by atoms with Crippen LogP contribution < -0.4 is 0 Å². The highest BCUT2D eigenvalue weighted by atomic mass is 16.4. The van der Waals surface area contributed by atoms with Gasteiger partial charge in [-0.3, -0.25) is 9.59 Å². The maximum Gasteiger partial charge on any atom is 0.306 e. The predicted octanol–water partition coefficient (Wildman–Crippen LogP) is 3.96. The van der Waals surface area contributed by atoms with Crippen LogP contribution in [0.4, 0.5) is 0 Å². The van der Waals surface area contributed by atoms with Gasteiger partial charge in [-0.1, -0.05) is 26.8 Å². The predicted molar refractivity (Wildman–Crippen MR) is 100 cm³/mol. The Hall–Kier alpha value is -1.32. The molecule has 0 saturated heterocycles. The van der Waals surface area contributed by atoms with Gasteiger partial charge in [0.05, 0.1) is 5.92 Å². The Bertz CT molecular complexity index is 658. The summed E-state index contributed by atoms with van der Waals surface area (Å²) in [6, 6.07) is 0.320. The van der Waals surface area contributed by atoms with Crippen molar-refractivity contribution in [2.24, 2.45) is 40.4 Å². The van der Waals surface area contributed by atoms with Crippen LogP contribution >= 0.6 is 0 Å². The van der Waals surface area contributed by atoms with E-state index in [1.54, 1.807) is 6.08 Å². The van der Waals surface area contributed by atoms with E-state index < -0.39 is 5.97 Å². The minimum absolute atomic E-state index is 0.0728. The van der Waals surface area contributed by atoms with Gasteiger partial charge in [-0.2, -0.15) is 0 Å². The highest BCUT2D eigenvalue weighted by Crippen LogP contribution is 2.66. The van der Waals surface area contributed by atoms with Gasteiger partial charge in [0.2, 0.25) is 5.91 Å². The van der Waals surface area contributed by atoms with Crippen molar-refractivity contribution in [3.63, 3.8) is 0 Å². The molecule has 2 unspecified atom stereocenters. The summed E-state index contributed by atoms with van der Waals surface area (Å²) in [4.78, 5) is 25.8. The van der Waals surface area contributed by atoms with Gasteiger partial charge < -0.3 is 10.0 Å². The standard InChI is InChI=1S/C22H33NO3/c1-13(20(25)26)15-6-7-16-14-5-8-18-22(3,12-10-19(24)23(18)4)17(14)9-11-21(15,16)2/h10,12-18H,5-9,11H2,1-4H3,(H,25,26)/t13?,14-,15+,16-,17-,18?,21+,22+/m0/s1. The Morgan fingerprint density at radius 1 is 1.19 bits per heavy atom.